The second-order valence-corrected chi connectivity index (χ2v) is 4.17. The number of rotatable bonds is 2. The van der Waals surface area contributed by atoms with Gasteiger partial charge < -0.3 is 4.74 Å². The molecule has 0 radical (unpaired) electrons. The Labute approximate surface area is 95.0 Å². The fraction of sp³-hybridized carbons (Fsp3) is 0.417. The molecule has 0 saturated carbocycles. The van der Waals surface area contributed by atoms with E-state index in [1.165, 1.54) is 0 Å². The number of ether oxygens (including phenoxy) is 1. The molecule has 15 heavy (non-hydrogen) atoms. The van der Waals surface area contributed by atoms with Crippen LogP contribution in [-0.2, 0) is 6.42 Å². The third-order valence-electron chi connectivity index (χ3n) is 2.94. The fourth-order valence-corrected chi connectivity index (χ4v) is 2.33. The van der Waals surface area contributed by atoms with E-state index in [1.807, 2.05) is 18.2 Å². The maximum Gasteiger partial charge on any atom is 0.167 e. The van der Waals surface area contributed by atoms with Gasteiger partial charge in [-0.3, -0.25) is 4.79 Å². The molecule has 2 rings (SSSR count). The zero-order chi connectivity index (χ0) is 10.8. The van der Waals surface area contributed by atoms with Gasteiger partial charge in [-0.05, 0) is 30.5 Å². The molecular weight excluding hydrogens is 208 g/mol. The van der Waals surface area contributed by atoms with Crippen molar-refractivity contribution in [1.82, 2.24) is 0 Å². The van der Waals surface area contributed by atoms with E-state index in [4.69, 9.17) is 4.74 Å². The van der Waals surface area contributed by atoms with Crippen LogP contribution in [0.15, 0.2) is 18.2 Å². The fourth-order valence-electron chi connectivity index (χ4n) is 1.98. The number of hydrogen-bond acceptors (Lipinski definition) is 3. The molecule has 1 aromatic rings. The molecule has 1 aliphatic carbocycles. The molecule has 80 valence electrons. The lowest BCUT2D eigenvalue weighted by atomic mass is 9.83. The smallest absolute Gasteiger partial charge is 0.167 e. The van der Waals surface area contributed by atoms with E-state index >= 15 is 0 Å². The van der Waals surface area contributed by atoms with Gasteiger partial charge in [-0.1, -0.05) is 6.07 Å². The van der Waals surface area contributed by atoms with E-state index in [1.54, 1.807) is 7.11 Å². The minimum Gasteiger partial charge on any atom is -0.497 e. The molecular formula is C12H14O2S. The third-order valence-corrected chi connectivity index (χ3v) is 3.38. The van der Waals surface area contributed by atoms with Crippen LogP contribution in [0.25, 0.3) is 0 Å². The van der Waals surface area contributed by atoms with Crippen LogP contribution in [0, 0.1) is 5.92 Å². The number of hydrogen-bond donors (Lipinski definition) is 1. The molecule has 0 saturated heterocycles. The molecule has 0 amide bonds. The highest BCUT2D eigenvalue weighted by atomic mass is 32.1. The van der Waals surface area contributed by atoms with Gasteiger partial charge in [-0.2, -0.15) is 12.6 Å². The van der Waals surface area contributed by atoms with Crippen LogP contribution in [-0.4, -0.2) is 18.6 Å². The maximum atomic E-state index is 12.0. The van der Waals surface area contributed by atoms with E-state index in [-0.39, 0.29) is 11.7 Å². The lowest BCUT2D eigenvalue weighted by Gasteiger charge is -2.22. The maximum absolute atomic E-state index is 12.0. The lowest BCUT2D eigenvalue weighted by molar-refractivity contribution is 0.0916. The second-order valence-electron chi connectivity index (χ2n) is 3.81. The number of ketones is 1. The van der Waals surface area contributed by atoms with E-state index in [9.17, 15) is 4.79 Å². The van der Waals surface area contributed by atoms with Crippen LogP contribution >= 0.6 is 12.6 Å². The average Bonchev–Trinajstić information content (AvgIpc) is 2.29. The highest BCUT2D eigenvalue weighted by Gasteiger charge is 2.26. The van der Waals surface area contributed by atoms with Crippen molar-refractivity contribution in [3.05, 3.63) is 29.3 Å². The van der Waals surface area contributed by atoms with Crippen molar-refractivity contribution < 1.29 is 9.53 Å². The van der Waals surface area contributed by atoms with Crippen molar-refractivity contribution >= 4 is 18.4 Å². The predicted molar refractivity (Wildman–Crippen MR) is 63.0 cm³/mol. The molecule has 1 atom stereocenters. The minimum atomic E-state index is 0.0768. The van der Waals surface area contributed by atoms with Crippen molar-refractivity contribution in [3.8, 4) is 5.75 Å². The number of thiol groups is 1. The topological polar surface area (TPSA) is 26.3 Å². The van der Waals surface area contributed by atoms with Crippen LogP contribution in [0.4, 0.5) is 0 Å². The number of carbonyl (C=O) groups excluding carboxylic acids is 1. The molecule has 1 aromatic carbocycles. The van der Waals surface area contributed by atoms with Gasteiger partial charge in [-0.25, -0.2) is 0 Å². The summed E-state index contributed by atoms with van der Waals surface area (Å²) < 4.78 is 5.13. The Hall–Kier alpha value is -0.960. The van der Waals surface area contributed by atoms with E-state index < -0.39 is 0 Å². The van der Waals surface area contributed by atoms with Crippen LogP contribution < -0.4 is 4.74 Å². The number of Topliss-reactive ketones (excluding diaryl/α,β-unsaturated/α-hetero) is 1. The molecule has 2 nitrogen and oxygen atoms in total. The van der Waals surface area contributed by atoms with E-state index in [2.05, 4.69) is 12.6 Å². The summed E-state index contributed by atoms with van der Waals surface area (Å²) in [5.74, 6) is 1.68. The van der Waals surface area contributed by atoms with Crippen molar-refractivity contribution in [3.63, 3.8) is 0 Å². The third kappa shape index (κ3) is 1.88. The molecule has 0 aliphatic heterocycles. The number of fused-ring (bicyclic) bond motifs is 1. The average molecular weight is 222 g/mol. The van der Waals surface area contributed by atoms with Crippen molar-refractivity contribution in [2.24, 2.45) is 5.92 Å². The standard InChI is InChI=1S/C12H14O2S/c1-14-10-5-4-8-2-3-9(7-15)12(13)11(8)6-10/h4-6,9,15H,2-3,7H2,1H3/t9-/m1/s1. The monoisotopic (exact) mass is 222 g/mol. The minimum absolute atomic E-state index is 0.0768. The SMILES string of the molecule is COc1ccc2c(c1)C(=O)[C@@H](CS)CC2. The van der Waals surface area contributed by atoms with Gasteiger partial charge in [0, 0.05) is 17.2 Å². The first-order valence-electron chi connectivity index (χ1n) is 5.08. The van der Waals surface area contributed by atoms with E-state index in [0.717, 1.165) is 29.7 Å². The Bertz CT molecular complexity index is 387. The number of methoxy groups -OCH3 is 1. The lowest BCUT2D eigenvalue weighted by Crippen LogP contribution is -2.23. The molecule has 0 spiro atoms. The normalized spacial score (nSPS) is 19.9. The molecule has 3 heteroatoms. The summed E-state index contributed by atoms with van der Waals surface area (Å²) in [7, 11) is 1.62. The zero-order valence-corrected chi connectivity index (χ0v) is 9.59. The number of aryl methyl sites for hydroxylation is 1. The first-order chi connectivity index (χ1) is 7.26. The van der Waals surface area contributed by atoms with Crippen LogP contribution in [0.2, 0.25) is 0 Å². The summed E-state index contributed by atoms with van der Waals surface area (Å²) in [4.78, 5) is 12.0. The largest absolute Gasteiger partial charge is 0.497 e. The summed E-state index contributed by atoms with van der Waals surface area (Å²) in [6, 6.07) is 5.74. The summed E-state index contributed by atoms with van der Waals surface area (Å²) >= 11 is 4.21. The molecule has 0 heterocycles. The summed E-state index contributed by atoms with van der Waals surface area (Å²) in [5, 5.41) is 0. The number of carbonyl (C=O) groups is 1. The Kier molecular flexibility index (Phi) is 3.00. The summed E-state index contributed by atoms with van der Waals surface area (Å²) in [6.07, 6.45) is 1.89. The van der Waals surface area contributed by atoms with Gasteiger partial charge in [0.25, 0.3) is 0 Å². The van der Waals surface area contributed by atoms with Gasteiger partial charge >= 0.3 is 0 Å². The van der Waals surface area contributed by atoms with Crippen molar-refractivity contribution in [1.29, 1.82) is 0 Å². The zero-order valence-electron chi connectivity index (χ0n) is 8.69. The molecule has 0 aromatic heterocycles. The molecule has 1 aliphatic rings. The van der Waals surface area contributed by atoms with Gasteiger partial charge in [-0.15, -0.1) is 0 Å². The Balaban J connectivity index is 2.40. The van der Waals surface area contributed by atoms with E-state index in [0.29, 0.717) is 5.75 Å². The quantitative estimate of drug-likeness (QED) is 0.777. The predicted octanol–water partition coefficient (Wildman–Crippen LogP) is 2.37. The van der Waals surface area contributed by atoms with Crippen LogP contribution in [0.5, 0.6) is 5.75 Å². The Morgan fingerprint density at radius 3 is 3.00 bits per heavy atom. The second kappa shape index (κ2) is 4.27. The van der Waals surface area contributed by atoms with Gasteiger partial charge in [0.05, 0.1) is 7.11 Å². The first kappa shape index (κ1) is 10.6. The molecule has 0 bridgehead atoms. The van der Waals surface area contributed by atoms with Gasteiger partial charge in [0.2, 0.25) is 0 Å². The highest BCUT2D eigenvalue weighted by Crippen LogP contribution is 2.29. The van der Waals surface area contributed by atoms with Gasteiger partial charge in [0.15, 0.2) is 5.78 Å². The molecule has 0 fully saturated rings. The highest BCUT2D eigenvalue weighted by molar-refractivity contribution is 7.80. The summed E-state index contributed by atoms with van der Waals surface area (Å²) in [5.41, 5.74) is 1.96. The number of benzene rings is 1. The molecule has 0 unspecified atom stereocenters. The van der Waals surface area contributed by atoms with Gasteiger partial charge in [0.1, 0.15) is 5.75 Å². The van der Waals surface area contributed by atoms with Crippen molar-refractivity contribution in [2.45, 2.75) is 12.8 Å². The Morgan fingerprint density at radius 1 is 1.53 bits per heavy atom. The Morgan fingerprint density at radius 2 is 2.33 bits per heavy atom. The first-order valence-corrected chi connectivity index (χ1v) is 5.71. The van der Waals surface area contributed by atoms with Crippen molar-refractivity contribution in [2.75, 3.05) is 12.9 Å². The van der Waals surface area contributed by atoms with Crippen LogP contribution in [0.3, 0.4) is 0 Å². The van der Waals surface area contributed by atoms with Crippen LogP contribution in [0.1, 0.15) is 22.3 Å². The molecule has 0 N–H and O–H groups in total. The summed E-state index contributed by atoms with van der Waals surface area (Å²) in [6.45, 7) is 0.